The Morgan fingerprint density at radius 3 is 2.88 bits per heavy atom. The molecule has 0 aliphatic carbocycles. The van der Waals surface area contributed by atoms with Gasteiger partial charge in [0.1, 0.15) is 10.6 Å². The number of hydrogen-bond donors (Lipinski definition) is 2. The lowest BCUT2D eigenvalue weighted by Crippen LogP contribution is -2.23. The van der Waals surface area contributed by atoms with Gasteiger partial charge in [-0.05, 0) is 31.5 Å². The fourth-order valence-corrected chi connectivity index (χ4v) is 3.16. The molecular formula is C18H19N5O2S. The minimum absolute atomic E-state index is 0.206. The number of carbonyl (C=O) groups is 1. The number of nitrogen functional groups attached to an aromatic ring is 1. The van der Waals surface area contributed by atoms with Gasteiger partial charge in [-0.2, -0.15) is 0 Å². The SMILES string of the molecule is CCc1nc(N)sc1C(=O)NCc1cccnc1Oc1ccc(C)nc1. The van der Waals surface area contributed by atoms with Crippen molar-refractivity contribution in [2.75, 3.05) is 5.73 Å². The second-order valence-electron chi connectivity index (χ2n) is 5.57. The molecule has 3 N–H and O–H groups in total. The first-order valence-corrected chi connectivity index (χ1v) is 8.96. The molecule has 0 fully saturated rings. The predicted molar refractivity (Wildman–Crippen MR) is 100 cm³/mol. The van der Waals surface area contributed by atoms with Crippen molar-refractivity contribution in [3.8, 4) is 11.6 Å². The Kier molecular flexibility index (Phi) is 5.43. The Balaban J connectivity index is 1.72. The molecule has 26 heavy (non-hydrogen) atoms. The second-order valence-corrected chi connectivity index (χ2v) is 6.60. The molecule has 134 valence electrons. The Morgan fingerprint density at radius 1 is 1.31 bits per heavy atom. The third-order valence-electron chi connectivity index (χ3n) is 3.64. The van der Waals surface area contributed by atoms with E-state index in [1.807, 2.05) is 32.0 Å². The maximum atomic E-state index is 12.5. The molecule has 0 radical (unpaired) electrons. The van der Waals surface area contributed by atoms with Crippen LogP contribution in [-0.2, 0) is 13.0 Å². The molecule has 0 aromatic carbocycles. The normalized spacial score (nSPS) is 10.5. The molecule has 0 atom stereocenters. The zero-order valence-electron chi connectivity index (χ0n) is 14.5. The summed E-state index contributed by atoms with van der Waals surface area (Å²) in [5, 5.41) is 3.27. The maximum Gasteiger partial charge on any atom is 0.263 e. The number of ether oxygens (including phenoxy) is 1. The van der Waals surface area contributed by atoms with E-state index in [4.69, 9.17) is 10.5 Å². The Hall–Kier alpha value is -3.00. The molecule has 0 unspecified atom stereocenters. The number of amides is 1. The third kappa shape index (κ3) is 4.15. The first-order valence-electron chi connectivity index (χ1n) is 8.14. The number of thiazole rings is 1. The second kappa shape index (κ2) is 7.92. The van der Waals surface area contributed by atoms with Gasteiger partial charge >= 0.3 is 0 Å². The Labute approximate surface area is 155 Å². The van der Waals surface area contributed by atoms with E-state index in [9.17, 15) is 4.79 Å². The van der Waals surface area contributed by atoms with Crippen molar-refractivity contribution in [3.05, 3.63) is 58.5 Å². The molecule has 0 aliphatic heterocycles. The molecule has 1 amide bonds. The molecule has 3 aromatic rings. The van der Waals surface area contributed by atoms with Crippen LogP contribution in [0.15, 0.2) is 36.7 Å². The fraction of sp³-hybridized carbons (Fsp3) is 0.222. The fourth-order valence-electron chi connectivity index (χ4n) is 2.32. The van der Waals surface area contributed by atoms with Crippen LogP contribution >= 0.6 is 11.3 Å². The lowest BCUT2D eigenvalue weighted by Gasteiger charge is -2.10. The summed E-state index contributed by atoms with van der Waals surface area (Å²) in [6.07, 6.45) is 3.93. The molecule has 0 saturated carbocycles. The highest BCUT2D eigenvalue weighted by Gasteiger charge is 2.16. The molecule has 0 spiro atoms. The minimum atomic E-state index is -0.206. The van der Waals surface area contributed by atoms with Crippen molar-refractivity contribution in [1.82, 2.24) is 20.3 Å². The number of nitrogens with one attached hydrogen (secondary N) is 1. The number of hydrogen-bond acceptors (Lipinski definition) is 7. The van der Waals surface area contributed by atoms with E-state index >= 15 is 0 Å². The monoisotopic (exact) mass is 369 g/mol. The van der Waals surface area contributed by atoms with E-state index in [1.54, 1.807) is 18.5 Å². The summed E-state index contributed by atoms with van der Waals surface area (Å²) in [6, 6.07) is 7.34. The number of carbonyl (C=O) groups excluding carboxylic acids is 1. The van der Waals surface area contributed by atoms with Gasteiger partial charge in [0.05, 0.1) is 11.9 Å². The highest BCUT2D eigenvalue weighted by Crippen LogP contribution is 2.23. The summed E-state index contributed by atoms with van der Waals surface area (Å²) in [5.74, 6) is 0.811. The van der Waals surface area contributed by atoms with Crippen LogP contribution in [-0.4, -0.2) is 20.9 Å². The van der Waals surface area contributed by atoms with Gasteiger partial charge < -0.3 is 15.8 Å². The van der Waals surface area contributed by atoms with Crippen molar-refractivity contribution in [1.29, 1.82) is 0 Å². The van der Waals surface area contributed by atoms with Gasteiger partial charge in [-0.25, -0.2) is 9.97 Å². The first-order chi connectivity index (χ1) is 12.6. The van der Waals surface area contributed by atoms with Crippen molar-refractivity contribution < 1.29 is 9.53 Å². The zero-order valence-corrected chi connectivity index (χ0v) is 15.3. The van der Waals surface area contributed by atoms with Gasteiger partial charge in [-0.15, -0.1) is 0 Å². The highest BCUT2D eigenvalue weighted by molar-refractivity contribution is 7.17. The number of aromatic nitrogens is 3. The van der Waals surface area contributed by atoms with Crippen molar-refractivity contribution >= 4 is 22.4 Å². The summed E-state index contributed by atoms with van der Waals surface area (Å²) in [6.45, 7) is 4.12. The lowest BCUT2D eigenvalue weighted by atomic mass is 10.2. The summed E-state index contributed by atoms with van der Waals surface area (Å²) >= 11 is 1.19. The van der Waals surface area contributed by atoms with Crippen molar-refractivity contribution in [2.45, 2.75) is 26.8 Å². The standard InChI is InChI=1S/C18H19N5O2S/c1-3-14-15(26-18(19)23-14)16(24)22-9-12-5-4-8-20-17(12)25-13-7-6-11(2)21-10-13/h4-8,10H,3,9H2,1-2H3,(H2,19,23)(H,22,24). The van der Waals surface area contributed by atoms with Crippen molar-refractivity contribution in [3.63, 3.8) is 0 Å². The average molecular weight is 369 g/mol. The van der Waals surface area contributed by atoms with Gasteiger partial charge in [0.25, 0.3) is 5.91 Å². The van der Waals surface area contributed by atoms with E-state index in [0.29, 0.717) is 33.8 Å². The summed E-state index contributed by atoms with van der Waals surface area (Å²) in [7, 11) is 0. The van der Waals surface area contributed by atoms with E-state index in [2.05, 4.69) is 20.3 Å². The van der Waals surface area contributed by atoms with Gasteiger partial charge in [0.15, 0.2) is 5.13 Å². The molecule has 0 bridgehead atoms. The van der Waals surface area contributed by atoms with E-state index in [-0.39, 0.29) is 12.5 Å². The van der Waals surface area contributed by atoms with Gasteiger partial charge in [-0.1, -0.05) is 24.3 Å². The lowest BCUT2D eigenvalue weighted by molar-refractivity contribution is 0.0953. The molecule has 7 nitrogen and oxygen atoms in total. The topological polar surface area (TPSA) is 103 Å². The number of nitrogens with two attached hydrogens (primary N) is 1. The van der Waals surface area contributed by atoms with Crippen LogP contribution in [0.3, 0.4) is 0 Å². The number of pyridine rings is 2. The predicted octanol–water partition coefficient (Wildman–Crippen LogP) is 3.11. The van der Waals surface area contributed by atoms with Crippen LogP contribution < -0.4 is 15.8 Å². The number of rotatable bonds is 6. The molecule has 3 rings (SSSR count). The average Bonchev–Trinajstić information content (AvgIpc) is 3.03. The van der Waals surface area contributed by atoms with Crippen molar-refractivity contribution in [2.24, 2.45) is 0 Å². The zero-order chi connectivity index (χ0) is 18.5. The summed E-state index contributed by atoms with van der Waals surface area (Å²) in [4.78, 5) is 25.6. The van der Waals surface area contributed by atoms with Crippen LogP contribution in [0.25, 0.3) is 0 Å². The van der Waals surface area contributed by atoms with Crippen LogP contribution in [0.4, 0.5) is 5.13 Å². The van der Waals surface area contributed by atoms with E-state index in [0.717, 1.165) is 11.3 Å². The molecular weight excluding hydrogens is 350 g/mol. The number of nitrogens with zero attached hydrogens (tertiary/aromatic N) is 3. The van der Waals surface area contributed by atoms with Gasteiger partial charge in [-0.3, -0.25) is 9.78 Å². The molecule has 8 heteroatoms. The van der Waals surface area contributed by atoms with E-state index in [1.165, 1.54) is 11.3 Å². The van der Waals surface area contributed by atoms with Gasteiger partial charge in [0.2, 0.25) is 5.88 Å². The molecule has 0 aliphatic rings. The highest BCUT2D eigenvalue weighted by atomic mass is 32.1. The first kappa shape index (κ1) is 17.8. The minimum Gasteiger partial charge on any atom is -0.437 e. The summed E-state index contributed by atoms with van der Waals surface area (Å²) < 4.78 is 5.80. The van der Waals surface area contributed by atoms with Gasteiger partial charge in [0, 0.05) is 24.0 Å². The molecule has 3 heterocycles. The van der Waals surface area contributed by atoms with E-state index < -0.39 is 0 Å². The van der Waals surface area contributed by atoms with Crippen LogP contribution in [0, 0.1) is 6.92 Å². The number of aryl methyl sites for hydroxylation is 2. The maximum absolute atomic E-state index is 12.5. The van der Waals surface area contributed by atoms with Crippen LogP contribution in [0.1, 0.15) is 33.5 Å². The number of anilines is 1. The largest absolute Gasteiger partial charge is 0.437 e. The summed E-state index contributed by atoms with van der Waals surface area (Å²) in [5.41, 5.74) is 8.08. The third-order valence-corrected chi connectivity index (χ3v) is 4.57. The van der Waals surface area contributed by atoms with Crippen LogP contribution in [0.2, 0.25) is 0 Å². The smallest absolute Gasteiger partial charge is 0.263 e. The Bertz CT molecular complexity index is 908. The molecule has 0 saturated heterocycles. The van der Waals surface area contributed by atoms with Crippen LogP contribution in [0.5, 0.6) is 11.6 Å². The Morgan fingerprint density at radius 2 is 2.15 bits per heavy atom. The quantitative estimate of drug-likeness (QED) is 0.692. The molecule has 3 aromatic heterocycles.